The maximum Gasteiger partial charge on any atom is 0.338 e. The lowest BCUT2D eigenvalue weighted by molar-refractivity contribution is -0.122. The number of esters is 1. The Kier molecular flexibility index (Phi) is 6.14. The highest BCUT2D eigenvalue weighted by atomic mass is 16.5. The fourth-order valence-electron chi connectivity index (χ4n) is 2.00. The molecular formula is C17H18O4. The lowest BCUT2D eigenvalue weighted by atomic mass is 9.96. The Morgan fingerprint density at radius 2 is 1.71 bits per heavy atom. The van der Waals surface area contributed by atoms with Gasteiger partial charge in [-0.25, -0.2) is 4.79 Å². The molecule has 0 atom stereocenters. The zero-order valence-electron chi connectivity index (χ0n) is 12.3. The fourth-order valence-corrected chi connectivity index (χ4v) is 2.00. The van der Waals surface area contributed by atoms with Crippen LogP contribution in [0.3, 0.4) is 0 Å². The second-order valence-electron chi connectivity index (χ2n) is 4.52. The summed E-state index contributed by atoms with van der Waals surface area (Å²) in [4.78, 5) is 20.1. The molecule has 0 saturated heterocycles. The van der Waals surface area contributed by atoms with Crippen LogP contribution in [0.25, 0.3) is 11.1 Å². The second kappa shape index (κ2) is 7.85. The molecule has 0 aliphatic rings. The summed E-state index contributed by atoms with van der Waals surface area (Å²) in [6.07, 6.45) is 0. The van der Waals surface area contributed by atoms with Crippen molar-refractivity contribution < 1.29 is 19.4 Å². The van der Waals surface area contributed by atoms with Crippen LogP contribution >= 0.6 is 0 Å². The third-order valence-corrected chi connectivity index (χ3v) is 2.91. The van der Waals surface area contributed by atoms with E-state index in [2.05, 4.69) is 6.07 Å². The molecule has 0 aliphatic heterocycles. The van der Waals surface area contributed by atoms with Crippen LogP contribution in [0.1, 0.15) is 21.5 Å². The van der Waals surface area contributed by atoms with E-state index in [0.717, 1.165) is 16.7 Å². The van der Waals surface area contributed by atoms with Crippen molar-refractivity contribution in [3.8, 4) is 11.1 Å². The summed E-state index contributed by atoms with van der Waals surface area (Å²) in [5, 5.41) is 6.89. The van der Waals surface area contributed by atoms with Crippen LogP contribution in [0.2, 0.25) is 0 Å². The normalized spacial score (nSPS) is 9.29. The van der Waals surface area contributed by atoms with E-state index in [1.165, 1.54) is 12.7 Å². The van der Waals surface area contributed by atoms with Crippen LogP contribution in [0.5, 0.6) is 0 Å². The number of carbonyl (C=O) groups is 2. The highest BCUT2D eigenvalue weighted by Gasteiger charge is 2.13. The minimum atomic E-state index is -0.300. The summed E-state index contributed by atoms with van der Waals surface area (Å²) in [7, 11) is 1.40. The van der Waals surface area contributed by atoms with E-state index in [-0.39, 0.29) is 12.4 Å². The third-order valence-electron chi connectivity index (χ3n) is 2.91. The average Bonchev–Trinajstić information content (AvgIpc) is 2.47. The van der Waals surface area contributed by atoms with Crippen molar-refractivity contribution >= 4 is 12.4 Å². The summed E-state index contributed by atoms with van der Waals surface area (Å²) in [5.41, 5.74) is 4.86. The van der Waals surface area contributed by atoms with E-state index in [1.807, 2.05) is 50.2 Å². The van der Waals surface area contributed by atoms with Gasteiger partial charge < -0.3 is 9.84 Å². The van der Waals surface area contributed by atoms with Gasteiger partial charge in [0.1, 0.15) is 0 Å². The Balaban J connectivity index is 0.000000677. The van der Waals surface area contributed by atoms with Crippen molar-refractivity contribution in [1.82, 2.24) is 0 Å². The Labute approximate surface area is 124 Å². The maximum atomic E-state index is 11.8. The molecule has 2 aromatic carbocycles. The number of ether oxygens (including phenoxy) is 1. The second-order valence-corrected chi connectivity index (χ2v) is 4.52. The van der Waals surface area contributed by atoms with Crippen LogP contribution in [0.4, 0.5) is 0 Å². The first-order valence-electron chi connectivity index (χ1n) is 6.37. The van der Waals surface area contributed by atoms with Crippen molar-refractivity contribution in [2.24, 2.45) is 0 Å². The SMILES string of the molecule is COC(=O)c1ccc(C)cc1-c1cccc(C)c1.O=CO. The number of methoxy groups -OCH3 is 1. The standard InChI is InChI=1S/C16H16O2.CH2O2/c1-11-5-4-6-13(9-11)15-10-12(2)7-8-14(15)16(17)18-3;2-1-3/h4-10H,1-3H3;1H,(H,2,3). The first kappa shape index (κ1) is 16.4. The van der Waals surface area contributed by atoms with E-state index in [9.17, 15) is 4.79 Å². The monoisotopic (exact) mass is 286 g/mol. The number of benzene rings is 2. The predicted molar refractivity (Wildman–Crippen MR) is 81.4 cm³/mol. The zero-order valence-corrected chi connectivity index (χ0v) is 12.3. The van der Waals surface area contributed by atoms with Gasteiger partial charge in [-0.3, -0.25) is 4.79 Å². The van der Waals surface area contributed by atoms with Crippen molar-refractivity contribution in [3.05, 3.63) is 59.2 Å². The third kappa shape index (κ3) is 4.45. The smallest absolute Gasteiger partial charge is 0.338 e. The molecule has 0 saturated carbocycles. The van der Waals surface area contributed by atoms with Gasteiger partial charge in [0.15, 0.2) is 0 Å². The summed E-state index contributed by atoms with van der Waals surface area (Å²) < 4.78 is 4.83. The van der Waals surface area contributed by atoms with E-state index in [4.69, 9.17) is 14.6 Å². The van der Waals surface area contributed by atoms with Gasteiger partial charge in [-0.1, -0.05) is 47.5 Å². The van der Waals surface area contributed by atoms with Crippen molar-refractivity contribution in [3.63, 3.8) is 0 Å². The van der Waals surface area contributed by atoms with Crippen LogP contribution in [0.15, 0.2) is 42.5 Å². The topological polar surface area (TPSA) is 63.6 Å². The Bertz CT molecular complexity index is 632. The predicted octanol–water partition coefficient (Wildman–Crippen LogP) is 3.46. The molecule has 0 spiro atoms. The molecule has 0 bridgehead atoms. The van der Waals surface area contributed by atoms with Gasteiger partial charge in [-0.2, -0.15) is 0 Å². The van der Waals surface area contributed by atoms with Gasteiger partial charge in [0.2, 0.25) is 0 Å². The van der Waals surface area contributed by atoms with Gasteiger partial charge in [-0.05, 0) is 31.0 Å². The Morgan fingerprint density at radius 3 is 2.29 bits per heavy atom. The van der Waals surface area contributed by atoms with Crippen LogP contribution in [-0.2, 0) is 9.53 Å². The maximum absolute atomic E-state index is 11.8. The van der Waals surface area contributed by atoms with Crippen molar-refractivity contribution in [1.29, 1.82) is 0 Å². The quantitative estimate of drug-likeness (QED) is 0.678. The minimum absolute atomic E-state index is 0.250. The molecule has 0 unspecified atom stereocenters. The van der Waals surface area contributed by atoms with E-state index in [0.29, 0.717) is 5.56 Å². The molecule has 110 valence electrons. The molecule has 2 rings (SSSR count). The Hall–Kier alpha value is -2.62. The molecule has 0 fully saturated rings. The minimum Gasteiger partial charge on any atom is -0.483 e. The molecule has 4 heteroatoms. The molecule has 4 nitrogen and oxygen atoms in total. The van der Waals surface area contributed by atoms with Gasteiger partial charge in [0, 0.05) is 0 Å². The van der Waals surface area contributed by atoms with E-state index < -0.39 is 0 Å². The molecule has 21 heavy (non-hydrogen) atoms. The number of carbonyl (C=O) groups excluding carboxylic acids is 1. The molecule has 0 aromatic heterocycles. The summed E-state index contributed by atoms with van der Waals surface area (Å²) >= 11 is 0. The molecule has 0 heterocycles. The number of carboxylic acid groups (broad SMARTS) is 1. The van der Waals surface area contributed by atoms with Gasteiger partial charge >= 0.3 is 5.97 Å². The Morgan fingerprint density at radius 1 is 1.10 bits per heavy atom. The first-order chi connectivity index (χ1) is 10.0. The van der Waals surface area contributed by atoms with E-state index in [1.54, 1.807) is 0 Å². The largest absolute Gasteiger partial charge is 0.483 e. The lowest BCUT2D eigenvalue weighted by Crippen LogP contribution is -2.03. The average molecular weight is 286 g/mol. The van der Waals surface area contributed by atoms with Gasteiger partial charge in [0.05, 0.1) is 12.7 Å². The lowest BCUT2D eigenvalue weighted by Gasteiger charge is -2.10. The first-order valence-corrected chi connectivity index (χ1v) is 6.37. The summed E-state index contributed by atoms with van der Waals surface area (Å²) in [6.45, 7) is 3.80. The highest BCUT2D eigenvalue weighted by Crippen LogP contribution is 2.26. The zero-order chi connectivity index (χ0) is 15.8. The highest BCUT2D eigenvalue weighted by molar-refractivity contribution is 5.97. The van der Waals surface area contributed by atoms with Crippen LogP contribution in [-0.4, -0.2) is 24.7 Å². The molecular weight excluding hydrogens is 268 g/mol. The number of rotatable bonds is 2. The molecule has 0 aliphatic carbocycles. The van der Waals surface area contributed by atoms with Gasteiger partial charge in [0.25, 0.3) is 6.47 Å². The molecule has 0 amide bonds. The fraction of sp³-hybridized carbons (Fsp3) is 0.176. The van der Waals surface area contributed by atoms with E-state index >= 15 is 0 Å². The van der Waals surface area contributed by atoms with Crippen molar-refractivity contribution in [2.75, 3.05) is 7.11 Å². The summed E-state index contributed by atoms with van der Waals surface area (Å²) in [5.74, 6) is -0.300. The molecule has 2 aromatic rings. The number of hydrogen-bond donors (Lipinski definition) is 1. The summed E-state index contributed by atoms with van der Waals surface area (Å²) in [6, 6.07) is 13.9. The van der Waals surface area contributed by atoms with Gasteiger partial charge in [-0.15, -0.1) is 0 Å². The number of hydrogen-bond acceptors (Lipinski definition) is 3. The molecule has 0 radical (unpaired) electrons. The van der Waals surface area contributed by atoms with Crippen LogP contribution < -0.4 is 0 Å². The molecule has 1 N–H and O–H groups in total. The van der Waals surface area contributed by atoms with Crippen molar-refractivity contribution in [2.45, 2.75) is 13.8 Å². The number of aryl methyl sites for hydroxylation is 2. The van der Waals surface area contributed by atoms with Crippen LogP contribution in [0, 0.1) is 13.8 Å².